The largest absolute Gasteiger partial charge is 0.476 e. The number of hydrogen-bond donors (Lipinski definition) is 2. The summed E-state index contributed by atoms with van der Waals surface area (Å²) in [7, 11) is 0. The predicted octanol–water partition coefficient (Wildman–Crippen LogP) is 4.25. The van der Waals surface area contributed by atoms with Crippen LogP contribution in [0.2, 0.25) is 0 Å². The molecule has 2 N–H and O–H groups in total. The molecular weight excluding hydrogens is 288 g/mol. The van der Waals surface area contributed by atoms with Crippen LogP contribution in [-0.4, -0.2) is 21.0 Å². The van der Waals surface area contributed by atoms with Crippen molar-refractivity contribution in [2.45, 2.75) is 6.92 Å². The first kappa shape index (κ1) is 14.8. The lowest BCUT2D eigenvalue weighted by molar-refractivity contribution is 0.0691. The topological polar surface area (TPSA) is 66.0 Å². The van der Waals surface area contributed by atoms with Crippen LogP contribution in [0.1, 0.15) is 27.3 Å². The van der Waals surface area contributed by atoms with Gasteiger partial charge in [-0.05, 0) is 24.1 Å². The molecule has 0 aliphatic rings. The average Bonchev–Trinajstić information content (AvgIpc) is 2.99. The number of aryl methyl sites for hydroxylation is 1. The van der Waals surface area contributed by atoms with Gasteiger partial charge in [0.1, 0.15) is 5.82 Å². The normalized spacial score (nSPS) is 11.0. The van der Waals surface area contributed by atoms with Crippen molar-refractivity contribution in [1.29, 1.82) is 0 Å². The Morgan fingerprint density at radius 3 is 2.43 bits per heavy atom. The van der Waals surface area contributed by atoms with Crippen molar-refractivity contribution >= 4 is 18.1 Å². The third-order valence-corrected chi connectivity index (χ3v) is 3.58. The monoisotopic (exact) mass is 304 g/mol. The van der Waals surface area contributed by atoms with Gasteiger partial charge in [0.05, 0.1) is 5.69 Å². The van der Waals surface area contributed by atoms with E-state index in [9.17, 15) is 9.90 Å². The number of nitrogens with zero attached hydrogens (tertiary/aromatic N) is 1. The quantitative estimate of drug-likeness (QED) is 0.757. The van der Waals surface area contributed by atoms with Crippen molar-refractivity contribution in [3.63, 3.8) is 0 Å². The van der Waals surface area contributed by atoms with E-state index in [1.165, 1.54) is 0 Å². The molecule has 2 aromatic carbocycles. The summed E-state index contributed by atoms with van der Waals surface area (Å²) in [5.41, 5.74) is 3.44. The smallest absolute Gasteiger partial charge is 0.356 e. The van der Waals surface area contributed by atoms with E-state index in [1.807, 2.05) is 67.6 Å². The molecule has 0 spiro atoms. The number of nitrogens with one attached hydrogen (secondary N) is 1. The van der Waals surface area contributed by atoms with Gasteiger partial charge in [-0.3, -0.25) is 0 Å². The second-order valence-electron chi connectivity index (χ2n) is 5.21. The number of benzene rings is 2. The third kappa shape index (κ3) is 3.21. The summed E-state index contributed by atoms with van der Waals surface area (Å²) in [5, 5.41) is 9.38. The minimum absolute atomic E-state index is 0.0236. The Morgan fingerprint density at radius 2 is 1.74 bits per heavy atom. The highest BCUT2D eigenvalue weighted by molar-refractivity contribution is 5.91. The Labute approximate surface area is 134 Å². The lowest BCUT2D eigenvalue weighted by Crippen LogP contribution is -1.98. The molecule has 3 rings (SSSR count). The van der Waals surface area contributed by atoms with Crippen LogP contribution in [0, 0.1) is 6.92 Å². The number of carbonyl (C=O) groups is 1. The number of aromatic carboxylic acids is 1. The van der Waals surface area contributed by atoms with Crippen molar-refractivity contribution in [3.8, 4) is 11.4 Å². The molecule has 0 bridgehead atoms. The zero-order valence-electron chi connectivity index (χ0n) is 12.7. The molecule has 3 aromatic rings. The van der Waals surface area contributed by atoms with Crippen molar-refractivity contribution in [2.24, 2.45) is 0 Å². The van der Waals surface area contributed by atoms with Gasteiger partial charge in [-0.2, -0.15) is 0 Å². The molecule has 0 radical (unpaired) electrons. The van der Waals surface area contributed by atoms with Crippen LogP contribution in [0.4, 0.5) is 0 Å². The molecule has 0 aliphatic carbocycles. The van der Waals surface area contributed by atoms with Crippen molar-refractivity contribution in [2.75, 3.05) is 0 Å². The molecule has 1 aromatic heterocycles. The molecule has 0 saturated heterocycles. The van der Waals surface area contributed by atoms with E-state index >= 15 is 0 Å². The number of hydrogen-bond acceptors (Lipinski definition) is 2. The number of carboxylic acids is 1. The fourth-order valence-electron chi connectivity index (χ4n) is 2.38. The van der Waals surface area contributed by atoms with Crippen molar-refractivity contribution in [3.05, 3.63) is 77.1 Å². The van der Waals surface area contributed by atoms with Gasteiger partial charge in [-0.25, -0.2) is 9.78 Å². The van der Waals surface area contributed by atoms with Gasteiger partial charge < -0.3 is 10.1 Å². The fraction of sp³-hybridized carbons (Fsp3) is 0.0526. The average molecular weight is 304 g/mol. The van der Waals surface area contributed by atoms with E-state index in [2.05, 4.69) is 9.97 Å². The number of aromatic nitrogens is 2. The highest BCUT2D eigenvalue weighted by Crippen LogP contribution is 2.23. The molecule has 4 nitrogen and oxygen atoms in total. The Morgan fingerprint density at radius 1 is 1.04 bits per heavy atom. The highest BCUT2D eigenvalue weighted by Gasteiger charge is 2.16. The van der Waals surface area contributed by atoms with Crippen LogP contribution in [-0.2, 0) is 0 Å². The first-order chi connectivity index (χ1) is 11.1. The Bertz CT molecular complexity index is 864. The molecule has 0 fully saturated rings. The minimum Gasteiger partial charge on any atom is -0.476 e. The van der Waals surface area contributed by atoms with E-state index in [1.54, 1.807) is 6.08 Å². The van der Waals surface area contributed by atoms with Crippen LogP contribution < -0.4 is 0 Å². The third-order valence-electron chi connectivity index (χ3n) is 3.58. The standard InChI is InChI=1S/C19H16N2O2/c1-13-7-5-6-10-15(13)18-20-16(17(21-18)19(22)23)12-11-14-8-3-2-4-9-14/h2-12H,1H3,(H,20,21)(H,22,23). The fourth-order valence-corrected chi connectivity index (χ4v) is 2.38. The van der Waals surface area contributed by atoms with E-state index in [0.29, 0.717) is 11.5 Å². The van der Waals surface area contributed by atoms with E-state index < -0.39 is 5.97 Å². The Balaban J connectivity index is 2.02. The number of carboxylic acid groups (broad SMARTS) is 1. The van der Waals surface area contributed by atoms with Gasteiger partial charge in [0.25, 0.3) is 0 Å². The summed E-state index contributed by atoms with van der Waals surface area (Å²) in [4.78, 5) is 18.8. The maximum absolute atomic E-state index is 11.4. The molecule has 114 valence electrons. The van der Waals surface area contributed by atoms with Gasteiger partial charge in [0.2, 0.25) is 0 Å². The Kier molecular flexibility index (Phi) is 4.06. The van der Waals surface area contributed by atoms with E-state index in [4.69, 9.17) is 0 Å². The number of imidazole rings is 1. The zero-order chi connectivity index (χ0) is 16.2. The first-order valence-electron chi connectivity index (χ1n) is 7.27. The molecule has 0 amide bonds. The van der Waals surface area contributed by atoms with E-state index in [0.717, 1.165) is 16.7 Å². The van der Waals surface area contributed by atoms with Crippen LogP contribution in [0.25, 0.3) is 23.5 Å². The number of rotatable bonds is 4. The van der Waals surface area contributed by atoms with Crippen LogP contribution >= 0.6 is 0 Å². The lowest BCUT2D eigenvalue weighted by atomic mass is 10.1. The maximum atomic E-state index is 11.4. The molecule has 0 unspecified atom stereocenters. The minimum atomic E-state index is -1.05. The molecular formula is C19H16N2O2. The second kappa shape index (κ2) is 6.32. The number of H-pyrrole nitrogens is 1. The number of aromatic amines is 1. The van der Waals surface area contributed by atoms with Crippen molar-refractivity contribution < 1.29 is 9.90 Å². The molecule has 0 aliphatic heterocycles. The molecule has 1 heterocycles. The summed E-state index contributed by atoms with van der Waals surface area (Å²) in [6.45, 7) is 1.97. The summed E-state index contributed by atoms with van der Waals surface area (Å²) >= 11 is 0. The first-order valence-corrected chi connectivity index (χ1v) is 7.27. The summed E-state index contributed by atoms with van der Waals surface area (Å²) in [5.74, 6) is -0.484. The summed E-state index contributed by atoms with van der Waals surface area (Å²) in [6.07, 6.45) is 3.61. The molecule has 23 heavy (non-hydrogen) atoms. The zero-order valence-corrected chi connectivity index (χ0v) is 12.7. The molecule has 4 heteroatoms. The van der Waals surface area contributed by atoms with Gasteiger partial charge in [-0.1, -0.05) is 60.7 Å². The van der Waals surface area contributed by atoms with Crippen LogP contribution in [0.15, 0.2) is 54.6 Å². The Hall–Kier alpha value is -3.14. The van der Waals surface area contributed by atoms with Crippen LogP contribution in [0.5, 0.6) is 0 Å². The van der Waals surface area contributed by atoms with Crippen molar-refractivity contribution in [1.82, 2.24) is 9.97 Å². The SMILES string of the molecule is Cc1ccccc1-c1nc(C(=O)O)c(C=Cc2ccccc2)[nH]1. The molecule has 0 atom stereocenters. The van der Waals surface area contributed by atoms with Gasteiger partial charge >= 0.3 is 5.97 Å². The second-order valence-corrected chi connectivity index (χ2v) is 5.21. The summed E-state index contributed by atoms with van der Waals surface area (Å²) in [6, 6.07) is 17.5. The summed E-state index contributed by atoms with van der Waals surface area (Å²) < 4.78 is 0. The maximum Gasteiger partial charge on any atom is 0.356 e. The predicted molar refractivity (Wildman–Crippen MR) is 91.1 cm³/mol. The van der Waals surface area contributed by atoms with E-state index in [-0.39, 0.29) is 5.69 Å². The lowest BCUT2D eigenvalue weighted by Gasteiger charge is -2.00. The molecule has 0 saturated carbocycles. The van der Waals surface area contributed by atoms with Crippen LogP contribution in [0.3, 0.4) is 0 Å². The van der Waals surface area contributed by atoms with Gasteiger partial charge in [0, 0.05) is 5.56 Å². The van der Waals surface area contributed by atoms with Gasteiger partial charge in [-0.15, -0.1) is 0 Å². The highest BCUT2D eigenvalue weighted by atomic mass is 16.4. The van der Waals surface area contributed by atoms with Gasteiger partial charge in [0.15, 0.2) is 5.69 Å².